The van der Waals surface area contributed by atoms with Crippen molar-refractivity contribution in [1.29, 1.82) is 0 Å². The van der Waals surface area contributed by atoms with Gasteiger partial charge >= 0.3 is 0 Å². The fraction of sp³-hybridized carbons (Fsp3) is 0.571. The van der Waals surface area contributed by atoms with Gasteiger partial charge in [0.2, 0.25) is 10.0 Å². The van der Waals surface area contributed by atoms with Crippen molar-refractivity contribution in [3.8, 4) is 0 Å². The van der Waals surface area contributed by atoms with Crippen LogP contribution in [0.5, 0.6) is 0 Å². The zero-order valence-corrected chi connectivity index (χ0v) is 12.0. The van der Waals surface area contributed by atoms with Crippen LogP contribution in [0.15, 0.2) is 29.2 Å². The first-order valence-corrected chi connectivity index (χ1v) is 8.23. The molecule has 0 spiro atoms. The Balaban J connectivity index is 2.12. The maximum absolute atomic E-state index is 12.3. The highest BCUT2D eigenvalue weighted by Crippen LogP contribution is 2.28. The van der Waals surface area contributed by atoms with Gasteiger partial charge in [-0.1, -0.05) is 25.0 Å². The van der Waals surface area contributed by atoms with Crippen LogP contribution >= 0.6 is 0 Å². The molecule has 1 aliphatic rings. The number of sulfonamides is 1. The predicted octanol–water partition coefficient (Wildman–Crippen LogP) is 2.04. The van der Waals surface area contributed by atoms with E-state index in [1.54, 1.807) is 18.2 Å². The average Bonchev–Trinajstić information content (AvgIpc) is 2.92. The van der Waals surface area contributed by atoms with Crippen molar-refractivity contribution >= 4 is 10.0 Å². The van der Waals surface area contributed by atoms with E-state index in [4.69, 9.17) is 5.11 Å². The van der Waals surface area contributed by atoms with Crippen LogP contribution in [-0.4, -0.2) is 19.6 Å². The normalized spacial score (nSPS) is 18.6. The molecule has 5 heteroatoms. The Morgan fingerprint density at radius 2 is 2.05 bits per heavy atom. The summed E-state index contributed by atoms with van der Waals surface area (Å²) in [6.45, 7) is 1.78. The lowest BCUT2D eigenvalue weighted by atomic mass is 10.0. The molecule has 0 bridgehead atoms. The molecule has 2 rings (SSSR count). The van der Waals surface area contributed by atoms with Crippen molar-refractivity contribution in [1.82, 2.24) is 4.72 Å². The molecule has 1 fully saturated rings. The summed E-state index contributed by atoms with van der Waals surface area (Å²) in [5.74, 6) is 0.441. The highest BCUT2D eigenvalue weighted by Gasteiger charge is 2.26. The Morgan fingerprint density at radius 1 is 1.37 bits per heavy atom. The van der Waals surface area contributed by atoms with Gasteiger partial charge in [0, 0.05) is 6.04 Å². The van der Waals surface area contributed by atoms with Crippen LogP contribution in [0.25, 0.3) is 0 Å². The van der Waals surface area contributed by atoms with Gasteiger partial charge in [-0.2, -0.15) is 0 Å². The third-order valence-corrected chi connectivity index (χ3v) is 5.40. The largest absolute Gasteiger partial charge is 0.392 e. The van der Waals surface area contributed by atoms with E-state index < -0.39 is 10.0 Å². The summed E-state index contributed by atoms with van der Waals surface area (Å²) in [6, 6.07) is 6.40. The smallest absolute Gasteiger partial charge is 0.240 e. The second-order valence-corrected chi connectivity index (χ2v) is 6.97. The Kier molecular flexibility index (Phi) is 4.60. The minimum atomic E-state index is -3.49. The first-order valence-electron chi connectivity index (χ1n) is 6.75. The standard InChI is InChI=1S/C14H21NO3S/c1-11(13-6-2-3-7-13)15-19(17,18)14-8-4-5-12(9-14)10-16/h4-5,8-9,11,13,15-16H,2-3,6-7,10H2,1H3. The Morgan fingerprint density at radius 3 is 2.68 bits per heavy atom. The molecule has 106 valence electrons. The van der Waals surface area contributed by atoms with E-state index in [0.29, 0.717) is 11.5 Å². The number of hydrogen-bond donors (Lipinski definition) is 2. The molecule has 1 aliphatic carbocycles. The number of hydrogen-bond acceptors (Lipinski definition) is 3. The van der Waals surface area contributed by atoms with Gasteiger partial charge < -0.3 is 5.11 Å². The van der Waals surface area contributed by atoms with Crippen molar-refractivity contribution in [2.45, 2.75) is 50.2 Å². The van der Waals surface area contributed by atoms with Gasteiger partial charge in [-0.3, -0.25) is 0 Å². The van der Waals surface area contributed by atoms with Crippen LogP contribution in [-0.2, 0) is 16.6 Å². The third kappa shape index (κ3) is 3.55. The molecule has 1 saturated carbocycles. The van der Waals surface area contributed by atoms with Crippen LogP contribution in [0.2, 0.25) is 0 Å². The summed E-state index contributed by atoms with van der Waals surface area (Å²) >= 11 is 0. The highest BCUT2D eigenvalue weighted by molar-refractivity contribution is 7.89. The van der Waals surface area contributed by atoms with Crippen LogP contribution in [0.4, 0.5) is 0 Å². The van der Waals surface area contributed by atoms with Gasteiger partial charge in [0.05, 0.1) is 11.5 Å². The SMILES string of the molecule is CC(NS(=O)(=O)c1cccc(CO)c1)C1CCCC1. The van der Waals surface area contributed by atoms with E-state index in [1.807, 2.05) is 6.92 Å². The summed E-state index contributed by atoms with van der Waals surface area (Å²) in [4.78, 5) is 0.226. The molecule has 19 heavy (non-hydrogen) atoms. The Labute approximate surface area is 114 Å². The molecule has 0 amide bonds. The first-order chi connectivity index (χ1) is 9.03. The van der Waals surface area contributed by atoms with Crippen LogP contribution in [0.3, 0.4) is 0 Å². The third-order valence-electron chi connectivity index (χ3n) is 3.84. The lowest BCUT2D eigenvalue weighted by molar-refractivity contribution is 0.281. The fourth-order valence-corrected chi connectivity index (χ4v) is 4.06. The van der Waals surface area contributed by atoms with Gasteiger partial charge in [-0.15, -0.1) is 0 Å². The summed E-state index contributed by atoms with van der Waals surface area (Å²) in [7, 11) is -3.49. The fourth-order valence-electron chi connectivity index (χ4n) is 2.68. The van der Waals surface area contributed by atoms with Crippen LogP contribution in [0, 0.1) is 5.92 Å². The van der Waals surface area contributed by atoms with Gasteiger partial charge in [0.15, 0.2) is 0 Å². The molecule has 1 atom stereocenters. The number of rotatable bonds is 5. The molecular weight excluding hydrogens is 262 g/mol. The highest BCUT2D eigenvalue weighted by atomic mass is 32.2. The van der Waals surface area contributed by atoms with Gasteiger partial charge in [-0.05, 0) is 43.4 Å². The average molecular weight is 283 g/mol. The summed E-state index contributed by atoms with van der Waals surface area (Å²) in [5.41, 5.74) is 0.608. The number of aliphatic hydroxyl groups excluding tert-OH is 1. The minimum Gasteiger partial charge on any atom is -0.392 e. The zero-order valence-electron chi connectivity index (χ0n) is 11.2. The molecule has 0 saturated heterocycles. The quantitative estimate of drug-likeness (QED) is 0.869. The van der Waals surface area contributed by atoms with Gasteiger partial charge in [0.25, 0.3) is 0 Å². The maximum atomic E-state index is 12.3. The Hall–Kier alpha value is -0.910. The summed E-state index contributed by atoms with van der Waals surface area (Å²) in [5, 5.41) is 9.07. The molecule has 1 aromatic carbocycles. The predicted molar refractivity (Wildman–Crippen MR) is 74.1 cm³/mol. The second kappa shape index (κ2) is 6.03. The van der Waals surface area contributed by atoms with Crippen molar-refractivity contribution in [3.63, 3.8) is 0 Å². The minimum absolute atomic E-state index is 0.0368. The van der Waals surface area contributed by atoms with E-state index in [2.05, 4.69) is 4.72 Å². The lowest BCUT2D eigenvalue weighted by Crippen LogP contribution is -2.37. The molecule has 2 N–H and O–H groups in total. The Bertz CT molecular complexity index is 521. The number of benzene rings is 1. The first kappa shape index (κ1) is 14.5. The van der Waals surface area contributed by atoms with Gasteiger partial charge in [-0.25, -0.2) is 13.1 Å². The number of aliphatic hydroxyl groups is 1. The lowest BCUT2D eigenvalue weighted by Gasteiger charge is -2.20. The van der Waals surface area contributed by atoms with Crippen molar-refractivity contribution in [2.75, 3.05) is 0 Å². The molecule has 0 aliphatic heterocycles. The summed E-state index contributed by atoms with van der Waals surface area (Å²) in [6.07, 6.45) is 4.58. The summed E-state index contributed by atoms with van der Waals surface area (Å²) < 4.78 is 27.3. The van der Waals surface area contributed by atoms with E-state index in [-0.39, 0.29) is 17.5 Å². The number of nitrogens with one attached hydrogen (secondary N) is 1. The molecule has 1 aromatic rings. The topological polar surface area (TPSA) is 66.4 Å². The van der Waals surface area contributed by atoms with Crippen molar-refractivity contribution in [2.24, 2.45) is 5.92 Å². The van der Waals surface area contributed by atoms with Crippen molar-refractivity contribution < 1.29 is 13.5 Å². The molecule has 0 heterocycles. The van der Waals surface area contributed by atoms with Crippen molar-refractivity contribution in [3.05, 3.63) is 29.8 Å². The van der Waals surface area contributed by atoms with E-state index in [0.717, 1.165) is 12.8 Å². The van der Waals surface area contributed by atoms with E-state index >= 15 is 0 Å². The van der Waals surface area contributed by atoms with E-state index in [1.165, 1.54) is 18.9 Å². The molecule has 1 unspecified atom stereocenters. The monoisotopic (exact) mass is 283 g/mol. The zero-order chi connectivity index (χ0) is 13.9. The van der Waals surface area contributed by atoms with Crippen LogP contribution in [0.1, 0.15) is 38.2 Å². The second-order valence-electron chi connectivity index (χ2n) is 5.26. The van der Waals surface area contributed by atoms with E-state index in [9.17, 15) is 8.42 Å². The molecule has 0 aromatic heterocycles. The van der Waals surface area contributed by atoms with Gasteiger partial charge in [0.1, 0.15) is 0 Å². The van der Waals surface area contributed by atoms with Crippen LogP contribution < -0.4 is 4.72 Å². The molecule has 4 nitrogen and oxygen atoms in total. The molecular formula is C14H21NO3S. The molecule has 0 radical (unpaired) electrons. The maximum Gasteiger partial charge on any atom is 0.240 e.